The number of benzene rings is 1. The Labute approximate surface area is 101 Å². The molecule has 6 heteroatoms. The number of halogens is 1. The molecule has 0 aliphatic carbocycles. The average molecular weight is 260 g/mol. The third-order valence-electron chi connectivity index (χ3n) is 2.32. The lowest BCUT2D eigenvalue weighted by atomic mass is 10.2. The van der Waals surface area contributed by atoms with Gasteiger partial charge in [-0.15, -0.1) is 0 Å². The van der Waals surface area contributed by atoms with Crippen molar-refractivity contribution >= 4 is 15.7 Å². The lowest BCUT2D eigenvalue weighted by molar-refractivity contribution is 0.594. The molecule has 96 valence electrons. The summed E-state index contributed by atoms with van der Waals surface area (Å²) in [5, 5.41) is 2.86. The molecule has 17 heavy (non-hydrogen) atoms. The van der Waals surface area contributed by atoms with Crippen molar-refractivity contribution in [3.05, 3.63) is 29.6 Å². The van der Waals surface area contributed by atoms with Crippen molar-refractivity contribution in [3.63, 3.8) is 0 Å². The number of sulfonamides is 1. The van der Waals surface area contributed by atoms with Crippen molar-refractivity contribution in [1.82, 2.24) is 5.32 Å². The van der Waals surface area contributed by atoms with E-state index in [0.29, 0.717) is 18.5 Å². The van der Waals surface area contributed by atoms with Crippen LogP contribution < -0.4 is 10.0 Å². The Morgan fingerprint density at radius 3 is 2.65 bits per heavy atom. The Morgan fingerprint density at radius 1 is 1.35 bits per heavy atom. The first-order valence-electron chi connectivity index (χ1n) is 5.36. The molecule has 2 N–H and O–H groups in total. The van der Waals surface area contributed by atoms with Crippen LogP contribution >= 0.6 is 0 Å². The predicted molar refractivity (Wildman–Crippen MR) is 67.1 cm³/mol. The smallest absolute Gasteiger partial charge is 0.232 e. The second-order valence-electron chi connectivity index (χ2n) is 3.81. The lowest BCUT2D eigenvalue weighted by Gasteiger charge is -2.11. The highest BCUT2D eigenvalue weighted by Crippen LogP contribution is 2.20. The van der Waals surface area contributed by atoms with Gasteiger partial charge in [0.05, 0.1) is 11.4 Å². The van der Waals surface area contributed by atoms with Gasteiger partial charge in [0.15, 0.2) is 0 Å². The molecule has 0 aliphatic heterocycles. The quantitative estimate of drug-likeness (QED) is 0.762. The molecule has 0 fully saturated rings. The van der Waals surface area contributed by atoms with E-state index in [-0.39, 0.29) is 11.4 Å². The van der Waals surface area contributed by atoms with Crippen LogP contribution in [0.5, 0.6) is 0 Å². The van der Waals surface area contributed by atoms with Gasteiger partial charge < -0.3 is 5.32 Å². The molecule has 0 bridgehead atoms. The van der Waals surface area contributed by atoms with Crippen molar-refractivity contribution in [3.8, 4) is 0 Å². The molecule has 0 aromatic heterocycles. The molecule has 0 amide bonds. The van der Waals surface area contributed by atoms with Crippen LogP contribution in [0.2, 0.25) is 0 Å². The van der Waals surface area contributed by atoms with Gasteiger partial charge in [-0.05, 0) is 38.6 Å². The maximum atomic E-state index is 13.4. The van der Waals surface area contributed by atoms with E-state index in [1.54, 1.807) is 26.1 Å². The normalized spacial score (nSPS) is 11.5. The largest absolute Gasteiger partial charge is 0.320 e. The van der Waals surface area contributed by atoms with Crippen LogP contribution in [0.3, 0.4) is 0 Å². The van der Waals surface area contributed by atoms with Crippen LogP contribution in [0, 0.1) is 12.7 Å². The minimum Gasteiger partial charge on any atom is -0.320 e. The Kier molecular flexibility index (Phi) is 4.89. The molecular formula is C11H17FN2O2S. The minimum absolute atomic E-state index is 0.0262. The molecule has 0 saturated heterocycles. The van der Waals surface area contributed by atoms with E-state index in [1.165, 1.54) is 6.07 Å². The number of anilines is 1. The first kappa shape index (κ1) is 13.9. The highest BCUT2D eigenvalue weighted by molar-refractivity contribution is 7.92. The van der Waals surface area contributed by atoms with E-state index in [1.807, 2.05) is 0 Å². The van der Waals surface area contributed by atoms with Crippen LogP contribution in [0.1, 0.15) is 12.0 Å². The zero-order chi connectivity index (χ0) is 12.9. The predicted octanol–water partition coefficient (Wildman–Crippen LogP) is 1.49. The van der Waals surface area contributed by atoms with Gasteiger partial charge in [-0.2, -0.15) is 0 Å². The SMILES string of the molecule is CNCCCS(=O)(=O)Nc1c(C)cccc1F. The second kappa shape index (κ2) is 5.97. The van der Waals surface area contributed by atoms with Crippen LogP contribution in [-0.4, -0.2) is 27.8 Å². The Bertz CT molecular complexity index is 454. The highest BCUT2D eigenvalue weighted by Gasteiger charge is 2.14. The van der Waals surface area contributed by atoms with Crippen molar-refractivity contribution in [2.45, 2.75) is 13.3 Å². The topological polar surface area (TPSA) is 58.2 Å². The Morgan fingerprint density at radius 2 is 2.06 bits per heavy atom. The summed E-state index contributed by atoms with van der Waals surface area (Å²) in [6, 6.07) is 4.44. The Hall–Kier alpha value is -1.14. The molecule has 0 spiro atoms. The number of aryl methyl sites for hydroxylation is 1. The van der Waals surface area contributed by atoms with E-state index in [4.69, 9.17) is 0 Å². The molecule has 0 atom stereocenters. The number of hydrogen-bond donors (Lipinski definition) is 2. The number of rotatable bonds is 6. The molecule has 1 rings (SSSR count). The summed E-state index contributed by atoms with van der Waals surface area (Å²) in [6.45, 7) is 2.27. The van der Waals surface area contributed by atoms with Gasteiger partial charge in [0.1, 0.15) is 5.82 Å². The summed E-state index contributed by atoms with van der Waals surface area (Å²) in [5.41, 5.74) is 0.610. The van der Waals surface area contributed by atoms with E-state index in [2.05, 4.69) is 10.0 Å². The van der Waals surface area contributed by atoms with E-state index in [0.717, 1.165) is 0 Å². The molecule has 0 saturated carbocycles. The summed E-state index contributed by atoms with van der Waals surface area (Å²) < 4.78 is 39.1. The Balaban J connectivity index is 2.76. The zero-order valence-corrected chi connectivity index (χ0v) is 10.8. The third-order valence-corrected chi connectivity index (χ3v) is 3.66. The fourth-order valence-electron chi connectivity index (χ4n) is 1.41. The van der Waals surface area contributed by atoms with Crippen LogP contribution in [-0.2, 0) is 10.0 Å². The lowest BCUT2D eigenvalue weighted by Crippen LogP contribution is -2.21. The summed E-state index contributed by atoms with van der Waals surface area (Å²) in [4.78, 5) is 0. The standard InChI is InChI=1S/C11H17FN2O2S/c1-9-5-3-6-10(12)11(9)14-17(15,16)8-4-7-13-2/h3,5-6,13-14H,4,7-8H2,1-2H3. The summed E-state index contributed by atoms with van der Waals surface area (Å²) in [7, 11) is -1.73. The fraction of sp³-hybridized carbons (Fsp3) is 0.455. The monoisotopic (exact) mass is 260 g/mol. The molecule has 0 aliphatic rings. The van der Waals surface area contributed by atoms with Crippen molar-refractivity contribution < 1.29 is 12.8 Å². The first-order valence-corrected chi connectivity index (χ1v) is 7.01. The fourth-order valence-corrected chi connectivity index (χ4v) is 2.60. The van der Waals surface area contributed by atoms with Gasteiger partial charge >= 0.3 is 0 Å². The summed E-state index contributed by atoms with van der Waals surface area (Å²) >= 11 is 0. The van der Waals surface area contributed by atoms with Crippen LogP contribution in [0.4, 0.5) is 10.1 Å². The van der Waals surface area contributed by atoms with Crippen LogP contribution in [0.15, 0.2) is 18.2 Å². The molecule has 0 radical (unpaired) electrons. The number of hydrogen-bond acceptors (Lipinski definition) is 3. The molecule has 0 heterocycles. The van der Waals surface area contributed by atoms with Gasteiger partial charge in [0.25, 0.3) is 0 Å². The summed E-state index contributed by atoms with van der Waals surface area (Å²) in [5.74, 6) is -0.580. The van der Waals surface area contributed by atoms with Gasteiger partial charge in [-0.25, -0.2) is 12.8 Å². The third kappa shape index (κ3) is 4.32. The average Bonchev–Trinajstić information content (AvgIpc) is 2.24. The molecule has 4 nitrogen and oxygen atoms in total. The van der Waals surface area contributed by atoms with Crippen LogP contribution in [0.25, 0.3) is 0 Å². The van der Waals surface area contributed by atoms with Crippen molar-refractivity contribution in [2.24, 2.45) is 0 Å². The molecule has 0 unspecified atom stereocenters. The highest BCUT2D eigenvalue weighted by atomic mass is 32.2. The molecule has 1 aromatic rings. The molecular weight excluding hydrogens is 243 g/mol. The van der Waals surface area contributed by atoms with Gasteiger partial charge in [-0.1, -0.05) is 12.1 Å². The van der Waals surface area contributed by atoms with E-state index < -0.39 is 15.8 Å². The summed E-state index contributed by atoms with van der Waals surface area (Å²) in [6.07, 6.45) is 0.485. The van der Waals surface area contributed by atoms with Gasteiger partial charge in [0.2, 0.25) is 10.0 Å². The second-order valence-corrected chi connectivity index (χ2v) is 5.65. The maximum Gasteiger partial charge on any atom is 0.232 e. The number of para-hydroxylation sites is 1. The minimum atomic E-state index is -3.48. The van der Waals surface area contributed by atoms with E-state index in [9.17, 15) is 12.8 Å². The first-order chi connectivity index (χ1) is 7.96. The van der Waals surface area contributed by atoms with Crippen molar-refractivity contribution in [1.29, 1.82) is 0 Å². The zero-order valence-electron chi connectivity index (χ0n) is 9.96. The maximum absolute atomic E-state index is 13.4. The van der Waals surface area contributed by atoms with E-state index >= 15 is 0 Å². The number of nitrogens with one attached hydrogen (secondary N) is 2. The van der Waals surface area contributed by atoms with Gasteiger partial charge in [0, 0.05) is 0 Å². The van der Waals surface area contributed by atoms with Gasteiger partial charge in [-0.3, -0.25) is 4.72 Å². The van der Waals surface area contributed by atoms with Crippen molar-refractivity contribution in [2.75, 3.05) is 24.1 Å². The molecule has 1 aromatic carbocycles.